The Kier molecular flexibility index (Phi) is 44.2. The van der Waals surface area contributed by atoms with E-state index in [1.54, 1.807) is 6.08 Å². The van der Waals surface area contributed by atoms with Crippen LogP contribution in [-0.4, -0.2) is 47.4 Å². The Labute approximate surface area is 347 Å². The number of ether oxygens (including phenoxy) is 1. The zero-order chi connectivity index (χ0) is 40.8. The maximum Gasteiger partial charge on any atom is 0.305 e. The molecule has 0 aliphatic rings. The fraction of sp³-hybridized carbons (Fsp3) is 0.840. The molecular weight excluding hydrogens is 695 g/mol. The van der Waals surface area contributed by atoms with E-state index < -0.39 is 12.1 Å². The first-order valence-electron chi connectivity index (χ1n) is 24.3. The summed E-state index contributed by atoms with van der Waals surface area (Å²) >= 11 is 0. The number of allylic oxidation sites excluding steroid dienone is 5. The van der Waals surface area contributed by atoms with Crippen molar-refractivity contribution in [2.24, 2.45) is 0 Å². The van der Waals surface area contributed by atoms with Gasteiger partial charge in [-0.1, -0.05) is 204 Å². The molecule has 0 saturated carbocycles. The topological polar surface area (TPSA) is 95.9 Å². The Morgan fingerprint density at radius 2 is 0.893 bits per heavy atom. The molecule has 0 heterocycles. The van der Waals surface area contributed by atoms with Gasteiger partial charge in [-0.25, -0.2) is 0 Å². The van der Waals surface area contributed by atoms with E-state index in [0.29, 0.717) is 19.4 Å². The van der Waals surface area contributed by atoms with Gasteiger partial charge in [0, 0.05) is 12.8 Å². The van der Waals surface area contributed by atoms with Crippen LogP contribution in [0, 0.1) is 0 Å². The van der Waals surface area contributed by atoms with Crippen molar-refractivity contribution in [2.45, 2.75) is 257 Å². The smallest absolute Gasteiger partial charge is 0.305 e. The molecule has 1 amide bonds. The minimum Gasteiger partial charge on any atom is -0.466 e. The molecule has 2 atom stereocenters. The molecule has 2 unspecified atom stereocenters. The molecule has 0 radical (unpaired) electrons. The van der Waals surface area contributed by atoms with Crippen molar-refractivity contribution < 1.29 is 24.5 Å². The summed E-state index contributed by atoms with van der Waals surface area (Å²) in [5, 5.41) is 22.9. The Morgan fingerprint density at radius 3 is 1.38 bits per heavy atom. The predicted octanol–water partition coefficient (Wildman–Crippen LogP) is 14.1. The summed E-state index contributed by atoms with van der Waals surface area (Å²) in [4.78, 5) is 24.4. The second kappa shape index (κ2) is 45.8. The van der Waals surface area contributed by atoms with Crippen LogP contribution in [0.1, 0.15) is 245 Å². The van der Waals surface area contributed by atoms with E-state index in [1.807, 2.05) is 6.08 Å². The number of nitrogens with one attached hydrogen (secondary N) is 1. The lowest BCUT2D eigenvalue weighted by Gasteiger charge is -2.20. The van der Waals surface area contributed by atoms with Crippen LogP contribution in [0.25, 0.3) is 0 Å². The van der Waals surface area contributed by atoms with Crippen LogP contribution >= 0.6 is 0 Å². The Balaban J connectivity index is 3.46. The van der Waals surface area contributed by atoms with E-state index in [-0.39, 0.29) is 18.5 Å². The van der Waals surface area contributed by atoms with E-state index in [1.165, 1.54) is 154 Å². The van der Waals surface area contributed by atoms with Gasteiger partial charge in [0.05, 0.1) is 25.4 Å². The Morgan fingerprint density at radius 1 is 0.500 bits per heavy atom. The number of hydrogen-bond acceptors (Lipinski definition) is 5. The second-order valence-electron chi connectivity index (χ2n) is 16.4. The lowest BCUT2D eigenvalue weighted by atomic mass is 10.0. The van der Waals surface area contributed by atoms with Crippen LogP contribution in [0.15, 0.2) is 36.5 Å². The largest absolute Gasteiger partial charge is 0.466 e. The molecule has 6 nitrogen and oxygen atoms in total. The van der Waals surface area contributed by atoms with Crippen LogP contribution in [-0.2, 0) is 14.3 Å². The highest BCUT2D eigenvalue weighted by molar-refractivity contribution is 5.76. The summed E-state index contributed by atoms with van der Waals surface area (Å²) in [7, 11) is 0. The molecule has 0 bridgehead atoms. The fourth-order valence-corrected chi connectivity index (χ4v) is 7.13. The maximum absolute atomic E-state index is 12.3. The summed E-state index contributed by atoms with van der Waals surface area (Å²) < 4.78 is 5.45. The molecule has 0 aliphatic heterocycles. The molecule has 3 N–H and O–H groups in total. The van der Waals surface area contributed by atoms with Crippen molar-refractivity contribution >= 4 is 11.9 Å². The van der Waals surface area contributed by atoms with Gasteiger partial charge in [-0.05, 0) is 64.2 Å². The van der Waals surface area contributed by atoms with Crippen molar-refractivity contribution in [3.63, 3.8) is 0 Å². The minimum absolute atomic E-state index is 0.0181. The van der Waals surface area contributed by atoms with Crippen molar-refractivity contribution in [3.8, 4) is 0 Å². The van der Waals surface area contributed by atoms with Gasteiger partial charge in [-0.2, -0.15) is 0 Å². The monoisotopic (exact) mass is 788 g/mol. The summed E-state index contributed by atoms with van der Waals surface area (Å²) in [6.07, 6.45) is 54.2. The Bertz CT molecular complexity index is 915. The van der Waals surface area contributed by atoms with Crippen LogP contribution < -0.4 is 5.32 Å². The fourth-order valence-electron chi connectivity index (χ4n) is 7.13. The van der Waals surface area contributed by atoms with Gasteiger partial charge in [-0.3, -0.25) is 9.59 Å². The first kappa shape index (κ1) is 54.1. The lowest BCUT2D eigenvalue weighted by molar-refractivity contribution is -0.143. The molecular formula is C50H93NO5. The van der Waals surface area contributed by atoms with Gasteiger partial charge in [0.25, 0.3) is 0 Å². The third kappa shape index (κ3) is 41.7. The van der Waals surface area contributed by atoms with E-state index in [2.05, 4.69) is 43.5 Å². The van der Waals surface area contributed by atoms with Gasteiger partial charge in [0.15, 0.2) is 0 Å². The second-order valence-corrected chi connectivity index (χ2v) is 16.4. The van der Waals surface area contributed by atoms with Crippen molar-refractivity contribution in [1.29, 1.82) is 0 Å². The molecule has 0 rings (SSSR count). The average molecular weight is 788 g/mol. The first-order valence-corrected chi connectivity index (χ1v) is 24.3. The third-order valence-electron chi connectivity index (χ3n) is 10.9. The highest BCUT2D eigenvalue weighted by Crippen LogP contribution is 2.15. The molecule has 328 valence electrons. The van der Waals surface area contributed by atoms with E-state index in [4.69, 9.17) is 4.74 Å². The maximum atomic E-state index is 12.3. The highest BCUT2D eigenvalue weighted by atomic mass is 16.5. The third-order valence-corrected chi connectivity index (χ3v) is 10.9. The summed E-state index contributed by atoms with van der Waals surface area (Å²) in [5.74, 6) is -0.101. The van der Waals surface area contributed by atoms with Gasteiger partial charge in [0.2, 0.25) is 5.91 Å². The molecule has 56 heavy (non-hydrogen) atoms. The number of unbranched alkanes of at least 4 members (excludes halogenated alkanes) is 29. The zero-order valence-corrected chi connectivity index (χ0v) is 37.1. The van der Waals surface area contributed by atoms with Gasteiger partial charge in [0.1, 0.15) is 0 Å². The van der Waals surface area contributed by atoms with Crippen molar-refractivity contribution in [1.82, 2.24) is 5.32 Å². The number of rotatable bonds is 44. The molecule has 0 fully saturated rings. The molecule has 0 aromatic carbocycles. The van der Waals surface area contributed by atoms with Crippen LogP contribution in [0.4, 0.5) is 0 Å². The van der Waals surface area contributed by atoms with E-state index >= 15 is 0 Å². The van der Waals surface area contributed by atoms with E-state index in [9.17, 15) is 19.8 Å². The van der Waals surface area contributed by atoms with Crippen LogP contribution in [0.5, 0.6) is 0 Å². The summed E-state index contributed by atoms with van der Waals surface area (Å²) in [6, 6.07) is -0.634. The predicted molar refractivity (Wildman–Crippen MR) is 241 cm³/mol. The average Bonchev–Trinajstić information content (AvgIpc) is 3.20. The Hall–Kier alpha value is -1.92. The molecule has 0 saturated heterocycles. The molecule has 0 spiro atoms. The number of carbonyl (C=O) groups excluding carboxylic acids is 2. The SMILES string of the molecule is CCCCCC/C=C\C/C=C\CCCCCCCC(=O)OCCCCCCCCCCCCCCCCC(=O)NC(CO)C(O)/C=C/CCCCCCCCC. The molecule has 0 aliphatic carbocycles. The summed E-state index contributed by atoms with van der Waals surface area (Å²) in [5.41, 5.74) is 0. The molecule has 6 heteroatoms. The van der Waals surface area contributed by atoms with Gasteiger partial charge >= 0.3 is 5.97 Å². The summed E-state index contributed by atoms with van der Waals surface area (Å²) in [6.45, 7) is 4.81. The van der Waals surface area contributed by atoms with Crippen LogP contribution in [0.3, 0.4) is 0 Å². The molecule has 0 aromatic rings. The number of hydrogen-bond donors (Lipinski definition) is 3. The van der Waals surface area contributed by atoms with Gasteiger partial charge < -0.3 is 20.3 Å². The number of carbonyl (C=O) groups is 2. The van der Waals surface area contributed by atoms with Crippen molar-refractivity contribution in [2.75, 3.05) is 13.2 Å². The number of amides is 1. The molecule has 0 aromatic heterocycles. The minimum atomic E-state index is -0.849. The standard InChI is InChI=1S/C50H93NO5/c1-3-5-7-9-11-13-14-15-16-17-21-24-28-32-36-40-44-50(55)56-45-41-37-33-29-25-22-19-18-20-23-27-31-35-39-43-49(54)51-47(46-52)48(53)42-38-34-30-26-12-10-8-6-4-2/h13-14,16-17,38,42,47-48,52-53H,3-12,15,18-37,39-41,43-46H2,1-2H3,(H,51,54)/b14-13-,17-16-,42-38+. The normalized spacial score (nSPS) is 13.0. The lowest BCUT2D eigenvalue weighted by Crippen LogP contribution is -2.45. The number of aliphatic hydroxyl groups excluding tert-OH is 2. The van der Waals surface area contributed by atoms with Crippen LogP contribution in [0.2, 0.25) is 0 Å². The first-order chi connectivity index (χ1) is 27.5. The zero-order valence-electron chi connectivity index (χ0n) is 37.1. The quantitative estimate of drug-likeness (QED) is 0.0325. The van der Waals surface area contributed by atoms with E-state index in [0.717, 1.165) is 64.2 Å². The highest BCUT2D eigenvalue weighted by Gasteiger charge is 2.18. The number of esters is 1. The number of aliphatic hydroxyl groups is 2. The van der Waals surface area contributed by atoms with Gasteiger partial charge in [-0.15, -0.1) is 0 Å². The van der Waals surface area contributed by atoms with Crippen molar-refractivity contribution in [3.05, 3.63) is 36.5 Å².